The smallest absolute Gasteiger partial charge is 0.339 e. The zero-order valence-electron chi connectivity index (χ0n) is 22.4. The predicted molar refractivity (Wildman–Crippen MR) is 155 cm³/mol. The summed E-state index contributed by atoms with van der Waals surface area (Å²) in [6.07, 6.45) is 5.67. The van der Waals surface area contributed by atoms with E-state index in [2.05, 4.69) is 9.88 Å². The van der Waals surface area contributed by atoms with Gasteiger partial charge in [0, 0.05) is 41.4 Å². The Balaban J connectivity index is 1.34. The number of carbonyl (C=O) groups is 2. The Morgan fingerprint density at radius 2 is 1.85 bits per heavy atom. The van der Waals surface area contributed by atoms with Crippen LogP contribution in [-0.4, -0.2) is 64.6 Å². The Kier molecular flexibility index (Phi) is 8.76. The number of nitrogens with zero attached hydrogens (tertiary/aromatic N) is 4. The number of aromatic carboxylic acids is 1. The third-order valence-electron chi connectivity index (χ3n) is 7.83. The maximum Gasteiger partial charge on any atom is 0.339 e. The van der Waals surface area contributed by atoms with Gasteiger partial charge in [-0.25, -0.2) is 14.8 Å². The average molecular weight is 584 g/mol. The first-order valence-electron chi connectivity index (χ1n) is 13.5. The van der Waals surface area contributed by atoms with Crippen LogP contribution in [0.1, 0.15) is 46.4 Å². The summed E-state index contributed by atoms with van der Waals surface area (Å²) < 4.78 is 5.47. The van der Waals surface area contributed by atoms with Crippen molar-refractivity contribution in [3.8, 4) is 5.75 Å². The molecule has 3 heterocycles. The summed E-state index contributed by atoms with van der Waals surface area (Å²) in [4.78, 5) is 38.8. The standard InChI is InChI=1S/C30H32Cl2N4O4/c1-40-27-8-3-2-6-20(27)14-28(37)36-11-5-4-7-21-17-35(18-26(21)36)30-33-16-24(29(38)39)25(34-30)10-9-19-12-22(31)15-23(32)13-19/h2-3,6,8,12-13,15-16,21,26H,4-5,7,9-11,14,17-18H2,1H3,(H,38,39)/t21-,26-/m0/s1. The Hall–Kier alpha value is -3.36. The molecule has 0 spiro atoms. The van der Waals surface area contributed by atoms with Gasteiger partial charge in [-0.3, -0.25) is 4.79 Å². The van der Waals surface area contributed by atoms with Gasteiger partial charge in [-0.2, -0.15) is 0 Å². The minimum atomic E-state index is -1.06. The summed E-state index contributed by atoms with van der Waals surface area (Å²) in [5.74, 6) is 0.532. The van der Waals surface area contributed by atoms with E-state index >= 15 is 0 Å². The zero-order valence-corrected chi connectivity index (χ0v) is 23.9. The highest BCUT2D eigenvalue weighted by atomic mass is 35.5. The molecule has 1 N–H and O–H groups in total. The Labute approximate surface area is 243 Å². The van der Waals surface area contributed by atoms with Crippen LogP contribution in [0.15, 0.2) is 48.7 Å². The number of aryl methyl sites for hydroxylation is 2. The lowest BCUT2D eigenvalue weighted by Crippen LogP contribution is -2.45. The number of benzene rings is 2. The first kappa shape index (κ1) is 28.2. The number of carboxylic acid groups (broad SMARTS) is 1. The number of ether oxygens (including phenoxy) is 1. The van der Waals surface area contributed by atoms with E-state index < -0.39 is 5.97 Å². The highest BCUT2D eigenvalue weighted by Gasteiger charge is 2.40. The van der Waals surface area contributed by atoms with Crippen LogP contribution >= 0.6 is 23.2 Å². The molecule has 40 heavy (non-hydrogen) atoms. The van der Waals surface area contributed by atoms with Crippen LogP contribution in [0.5, 0.6) is 5.75 Å². The Morgan fingerprint density at radius 3 is 2.60 bits per heavy atom. The van der Waals surface area contributed by atoms with Gasteiger partial charge in [0.1, 0.15) is 5.75 Å². The van der Waals surface area contributed by atoms with Crippen molar-refractivity contribution < 1.29 is 19.4 Å². The molecule has 0 aliphatic carbocycles. The molecule has 2 aliphatic heterocycles. The molecule has 0 unspecified atom stereocenters. The van der Waals surface area contributed by atoms with Gasteiger partial charge in [0.2, 0.25) is 11.9 Å². The van der Waals surface area contributed by atoms with Crippen molar-refractivity contribution in [1.82, 2.24) is 14.9 Å². The lowest BCUT2D eigenvalue weighted by molar-refractivity contribution is -0.132. The van der Waals surface area contributed by atoms with Gasteiger partial charge in [-0.05, 0) is 61.4 Å². The van der Waals surface area contributed by atoms with Crippen LogP contribution in [0.2, 0.25) is 10.0 Å². The van der Waals surface area contributed by atoms with Crippen LogP contribution in [0, 0.1) is 5.92 Å². The summed E-state index contributed by atoms with van der Waals surface area (Å²) in [5, 5.41) is 10.8. The fraction of sp³-hybridized carbons (Fsp3) is 0.400. The first-order chi connectivity index (χ1) is 19.3. The fourth-order valence-corrected chi connectivity index (χ4v) is 6.45. The third-order valence-corrected chi connectivity index (χ3v) is 8.26. The van der Waals surface area contributed by atoms with E-state index in [1.54, 1.807) is 13.2 Å². The molecule has 210 valence electrons. The van der Waals surface area contributed by atoms with E-state index in [1.807, 2.05) is 41.3 Å². The first-order valence-corrected chi connectivity index (χ1v) is 14.3. The molecule has 10 heteroatoms. The molecule has 3 aromatic rings. The third kappa shape index (κ3) is 6.34. The van der Waals surface area contributed by atoms with Crippen LogP contribution in [0.3, 0.4) is 0 Å². The molecule has 5 rings (SSSR count). The summed E-state index contributed by atoms with van der Waals surface area (Å²) in [7, 11) is 1.62. The summed E-state index contributed by atoms with van der Waals surface area (Å²) in [5.41, 5.74) is 2.33. The lowest BCUT2D eigenvalue weighted by Gasteiger charge is -2.30. The number of likely N-dealkylation sites (tertiary alicyclic amines) is 1. The second-order valence-corrected chi connectivity index (χ2v) is 11.3. The number of carboxylic acids is 1. The van der Waals surface area contributed by atoms with E-state index in [0.29, 0.717) is 47.0 Å². The van der Waals surface area contributed by atoms with E-state index in [4.69, 9.17) is 32.9 Å². The van der Waals surface area contributed by atoms with Crippen molar-refractivity contribution in [2.24, 2.45) is 5.92 Å². The van der Waals surface area contributed by atoms with Gasteiger partial charge in [-0.15, -0.1) is 0 Å². The minimum absolute atomic E-state index is 0.0458. The highest BCUT2D eigenvalue weighted by molar-refractivity contribution is 6.34. The SMILES string of the molecule is COc1ccccc1CC(=O)N1CCCC[C@H]2CN(c3ncc(C(=O)O)c(CCc4cc(Cl)cc(Cl)c4)n3)C[C@@H]21. The lowest BCUT2D eigenvalue weighted by atomic mass is 9.98. The number of anilines is 1. The Bertz CT molecular complexity index is 1380. The van der Waals surface area contributed by atoms with Crippen LogP contribution in [0.25, 0.3) is 0 Å². The number of fused-ring (bicyclic) bond motifs is 1. The minimum Gasteiger partial charge on any atom is -0.496 e. The van der Waals surface area contributed by atoms with E-state index in [1.165, 1.54) is 6.20 Å². The molecular weight excluding hydrogens is 551 g/mol. The average Bonchev–Trinajstić information content (AvgIpc) is 3.25. The van der Waals surface area contributed by atoms with Gasteiger partial charge in [0.25, 0.3) is 0 Å². The number of carbonyl (C=O) groups excluding carboxylic acids is 1. The number of methoxy groups -OCH3 is 1. The number of hydrogen-bond donors (Lipinski definition) is 1. The topological polar surface area (TPSA) is 95.9 Å². The molecule has 2 atom stereocenters. The number of hydrogen-bond acceptors (Lipinski definition) is 6. The molecule has 2 fully saturated rings. The van der Waals surface area contributed by atoms with E-state index in [-0.39, 0.29) is 23.9 Å². The number of amides is 1. The normalized spacial score (nSPS) is 18.8. The quantitative estimate of drug-likeness (QED) is 0.383. The molecule has 1 amide bonds. The largest absolute Gasteiger partial charge is 0.496 e. The molecular formula is C30H32Cl2N4O4. The van der Waals surface area contributed by atoms with Crippen LogP contribution < -0.4 is 9.64 Å². The van der Waals surface area contributed by atoms with E-state index in [9.17, 15) is 14.7 Å². The molecule has 0 radical (unpaired) electrons. The number of para-hydroxylation sites is 1. The van der Waals surface area contributed by atoms with Crippen molar-refractivity contribution in [3.63, 3.8) is 0 Å². The van der Waals surface area contributed by atoms with Crippen LogP contribution in [0.4, 0.5) is 5.95 Å². The van der Waals surface area contributed by atoms with Crippen molar-refractivity contribution in [1.29, 1.82) is 0 Å². The number of aromatic nitrogens is 2. The van der Waals surface area contributed by atoms with Gasteiger partial charge < -0.3 is 19.6 Å². The van der Waals surface area contributed by atoms with Crippen molar-refractivity contribution in [2.75, 3.05) is 31.6 Å². The van der Waals surface area contributed by atoms with E-state index in [0.717, 1.165) is 49.2 Å². The van der Waals surface area contributed by atoms with Crippen molar-refractivity contribution >= 4 is 41.0 Å². The number of halogens is 2. The zero-order chi connectivity index (χ0) is 28.2. The van der Waals surface area contributed by atoms with Gasteiger partial charge in [0.15, 0.2) is 0 Å². The van der Waals surface area contributed by atoms with Crippen molar-refractivity contribution in [2.45, 2.75) is 44.6 Å². The summed E-state index contributed by atoms with van der Waals surface area (Å²) >= 11 is 12.3. The summed E-state index contributed by atoms with van der Waals surface area (Å²) in [6, 6.07) is 13.0. The second-order valence-electron chi connectivity index (χ2n) is 10.4. The van der Waals surface area contributed by atoms with Gasteiger partial charge in [-0.1, -0.05) is 47.8 Å². The maximum absolute atomic E-state index is 13.6. The summed E-state index contributed by atoms with van der Waals surface area (Å²) in [6.45, 7) is 2.05. The predicted octanol–water partition coefficient (Wildman–Crippen LogP) is 5.34. The molecule has 2 aliphatic rings. The van der Waals surface area contributed by atoms with Crippen LogP contribution in [-0.2, 0) is 24.1 Å². The molecule has 2 aromatic carbocycles. The maximum atomic E-state index is 13.6. The molecule has 8 nitrogen and oxygen atoms in total. The molecule has 0 bridgehead atoms. The Morgan fingerprint density at radius 1 is 1.07 bits per heavy atom. The van der Waals surface area contributed by atoms with Crippen molar-refractivity contribution in [3.05, 3.63) is 81.1 Å². The van der Waals surface area contributed by atoms with Gasteiger partial charge in [0.05, 0.1) is 30.8 Å². The molecule has 0 saturated carbocycles. The van der Waals surface area contributed by atoms with Gasteiger partial charge >= 0.3 is 5.97 Å². The number of rotatable bonds is 8. The monoisotopic (exact) mass is 582 g/mol. The molecule has 2 saturated heterocycles. The second kappa shape index (κ2) is 12.4. The fourth-order valence-electron chi connectivity index (χ4n) is 5.88. The highest BCUT2D eigenvalue weighted by Crippen LogP contribution is 2.33. The molecule has 1 aromatic heterocycles.